The molecule has 1 atom stereocenters. The number of anilines is 1. The highest BCUT2D eigenvalue weighted by molar-refractivity contribution is 5.88. The van der Waals surface area contributed by atoms with Crippen molar-refractivity contribution in [3.8, 4) is 0 Å². The van der Waals surface area contributed by atoms with Crippen LogP contribution < -0.4 is 4.90 Å². The maximum Gasteiger partial charge on any atom is 0.416 e. The lowest BCUT2D eigenvalue weighted by Gasteiger charge is -2.37. The molecule has 1 aromatic heterocycles. The summed E-state index contributed by atoms with van der Waals surface area (Å²) in [5.74, 6) is -1.17. The summed E-state index contributed by atoms with van der Waals surface area (Å²) >= 11 is 0. The standard InChI is InChI=1S/C31H29F6N3O/c1-2-20-7-5-11-24-26(19-38-29(20)24)25(23-10-3-4-12-27(23)31(35,36)37)18-28(41)40-15-13-39(14-16-40)22-9-6-8-21(17-22)30(32,33)34/h3-12,17,19,25,38H,2,13-16,18H2,1H3. The Morgan fingerprint density at radius 3 is 2.24 bits per heavy atom. The summed E-state index contributed by atoms with van der Waals surface area (Å²) in [6, 6.07) is 16.0. The van der Waals surface area contributed by atoms with Gasteiger partial charge in [0.2, 0.25) is 5.91 Å². The normalized spacial score (nSPS) is 15.4. The number of aromatic nitrogens is 1. The van der Waals surface area contributed by atoms with Crippen LogP contribution >= 0.6 is 0 Å². The molecule has 1 unspecified atom stereocenters. The number of nitrogens with zero attached hydrogens (tertiary/aromatic N) is 2. The average Bonchev–Trinajstić information content (AvgIpc) is 3.39. The van der Waals surface area contributed by atoms with Crippen LogP contribution in [0.2, 0.25) is 0 Å². The van der Waals surface area contributed by atoms with E-state index in [0.717, 1.165) is 41.1 Å². The zero-order chi connectivity index (χ0) is 29.4. The fourth-order valence-electron chi connectivity index (χ4n) is 5.66. The molecule has 0 aliphatic carbocycles. The first-order chi connectivity index (χ1) is 19.5. The number of amides is 1. The van der Waals surface area contributed by atoms with Gasteiger partial charge in [0, 0.05) is 61.3 Å². The molecule has 10 heteroatoms. The van der Waals surface area contributed by atoms with Gasteiger partial charge in [0.1, 0.15) is 0 Å². The molecule has 0 radical (unpaired) electrons. The summed E-state index contributed by atoms with van der Waals surface area (Å²) in [5.41, 5.74) is 1.38. The Morgan fingerprint density at radius 2 is 1.56 bits per heavy atom. The SMILES string of the molecule is CCc1cccc2c(C(CC(=O)N3CCN(c4cccc(C(F)(F)F)c4)CC3)c3ccccc3C(F)(F)F)c[nH]c12. The number of benzene rings is 3. The van der Waals surface area contributed by atoms with E-state index in [4.69, 9.17) is 0 Å². The Kier molecular flexibility index (Phi) is 7.76. The van der Waals surface area contributed by atoms with Crippen molar-refractivity contribution in [2.24, 2.45) is 0 Å². The van der Waals surface area contributed by atoms with E-state index in [-0.39, 0.29) is 31.0 Å². The topological polar surface area (TPSA) is 39.3 Å². The largest absolute Gasteiger partial charge is 0.416 e. The van der Waals surface area contributed by atoms with Crippen LogP contribution in [-0.2, 0) is 23.6 Å². The lowest BCUT2D eigenvalue weighted by atomic mass is 9.84. The van der Waals surface area contributed by atoms with Crippen LogP contribution in [0.25, 0.3) is 10.9 Å². The smallest absolute Gasteiger partial charge is 0.368 e. The molecule has 5 rings (SSSR count). The van der Waals surface area contributed by atoms with Gasteiger partial charge < -0.3 is 14.8 Å². The second kappa shape index (κ2) is 11.1. The van der Waals surface area contributed by atoms with Crippen LogP contribution in [0.5, 0.6) is 0 Å². The number of halogens is 6. The zero-order valence-electron chi connectivity index (χ0n) is 22.3. The zero-order valence-corrected chi connectivity index (χ0v) is 22.3. The second-order valence-electron chi connectivity index (χ2n) is 10.2. The predicted molar refractivity (Wildman–Crippen MR) is 146 cm³/mol. The Labute approximate surface area is 233 Å². The highest BCUT2D eigenvalue weighted by atomic mass is 19.4. The molecule has 2 heterocycles. The summed E-state index contributed by atoms with van der Waals surface area (Å²) in [7, 11) is 0. The van der Waals surface area contributed by atoms with Crippen molar-refractivity contribution in [2.45, 2.75) is 38.0 Å². The van der Waals surface area contributed by atoms with Crippen LogP contribution in [-0.4, -0.2) is 42.0 Å². The summed E-state index contributed by atoms with van der Waals surface area (Å²) in [6.45, 7) is 3.11. The molecule has 0 bridgehead atoms. The average molecular weight is 574 g/mol. The molecule has 1 fully saturated rings. The number of carbonyl (C=O) groups is 1. The highest BCUT2D eigenvalue weighted by Gasteiger charge is 2.37. The van der Waals surface area contributed by atoms with E-state index in [1.807, 2.05) is 25.1 Å². The molecule has 1 saturated heterocycles. The molecule has 4 nitrogen and oxygen atoms in total. The first kappa shape index (κ1) is 28.6. The van der Waals surface area contributed by atoms with Gasteiger partial charge in [0.25, 0.3) is 0 Å². The Bertz CT molecular complexity index is 1530. The second-order valence-corrected chi connectivity index (χ2v) is 10.2. The van der Waals surface area contributed by atoms with E-state index in [0.29, 0.717) is 24.3 Å². The van der Waals surface area contributed by atoms with E-state index in [1.54, 1.807) is 28.1 Å². The van der Waals surface area contributed by atoms with Crippen molar-refractivity contribution in [1.29, 1.82) is 0 Å². The number of para-hydroxylation sites is 1. The van der Waals surface area contributed by atoms with E-state index in [1.165, 1.54) is 18.2 Å². The van der Waals surface area contributed by atoms with Crippen molar-refractivity contribution in [2.75, 3.05) is 31.1 Å². The summed E-state index contributed by atoms with van der Waals surface area (Å²) in [5, 5.41) is 0.772. The van der Waals surface area contributed by atoms with E-state index < -0.39 is 29.4 Å². The van der Waals surface area contributed by atoms with E-state index in [2.05, 4.69) is 4.98 Å². The molecule has 4 aromatic rings. The van der Waals surface area contributed by atoms with Gasteiger partial charge in [-0.3, -0.25) is 4.79 Å². The molecule has 0 saturated carbocycles. The van der Waals surface area contributed by atoms with Crippen LogP contribution in [0.4, 0.5) is 32.0 Å². The third kappa shape index (κ3) is 5.92. The third-order valence-corrected chi connectivity index (χ3v) is 7.78. The van der Waals surface area contributed by atoms with E-state index in [9.17, 15) is 31.1 Å². The molecule has 0 spiro atoms. The van der Waals surface area contributed by atoms with Gasteiger partial charge in [-0.15, -0.1) is 0 Å². The number of H-pyrrole nitrogens is 1. The first-order valence-corrected chi connectivity index (χ1v) is 13.4. The van der Waals surface area contributed by atoms with Gasteiger partial charge in [-0.05, 0) is 47.4 Å². The lowest BCUT2D eigenvalue weighted by molar-refractivity contribution is -0.139. The maximum absolute atomic E-state index is 14.1. The van der Waals surface area contributed by atoms with Crippen molar-refractivity contribution < 1.29 is 31.1 Å². The summed E-state index contributed by atoms with van der Waals surface area (Å²) < 4.78 is 81.8. The van der Waals surface area contributed by atoms with E-state index >= 15 is 0 Å². The summed E-state index contributed by atoms with van der Waals surface area (Å²) in [4.78, 5) is 20.2. The fraction of sp³-hybridized carbons (Fsp3) is 0.323. The molecule has 41 heavy (non-hydrogen) atoms. The molecule has 3 aromatic carbocycles. The van der Waals surface area contributed by atoms with Gasteiger partial charge in [-0.1, -0.05) is 49.4 Å². The molecule has 216 valence electrons. The maximum atomic E-state index is 14.1. The minimum Gasteiger partial charge on any atom is -0.368 e. The fourth-order valence-corrected chi connectivity index (χ4v) is 5.66. The Morgan fingerprint density at radius 1 is 0.854 bits per heavy atom. The third-order valence-electron chi connectivity index (χ3n) is 7.78. The quantitative estimate of drug-likeness (QED) is 0.241. The number of rotatable bonds is 6. The van der Waals surface area contributed by atoms with Crippen molar-refractivity contribution in [3.63, 3.8) is 0 Å². The number of aromatic amines is 1. The van der Waals surface area contributed by atoms with Crippen LogP contribution in [0.15, 0.2) is 72.9 Å². The monoisotopic (exact) mass is 573 g/mol. The molecular formula is C31H29F6N3O. The predicted octanol–water partition coefficient (Wildman–Crippen LogP) is 7.64. The van der Waals surface area contributed by atoms with Crippen molar-refractivity contribution in [1.82, 2.24) is 9.88 Å². The van der Waals surface area contributed by atoms with Gasteiger partial charge in [-0.25, -0.2) is 0 Å². The molecule has 1 N–H and O–H groups in total. The first-order valence-electron chi connectivity index (χ1n) is 13.4. The van der Waals surface area contributed by atoms with Gasteiger partial charge in [0.05, 0.1) is 11.1 Å². The minimum atomic E-state index is -4.60. The number of aryl methyl sites for hydroxylation is 1. The summed E-state index contributed by atoms with van der Waals surface area (Å²) in [6.07, 6.45) is -6.82. The number of hydrogen-bond acceptors (Lipinski definition) is 2. The Balaban J connectivity index is 1.42. The lowest BCUT2D eigenvalue weighted by Crippen LogP contribution is -2.49. The van der Waals surface area contributed by atoms with Gasteiger partial charge in [-0.2, -0.15) is 26.3 Å². The van der Waals surface area contributed by atoms with Crippen LogP contribution in [0, 0.1) is 0 Å². The molecule has 1 aliphatic rings. The number of hydrogen-bond donors (Lipinski definition) is 1. The number of alkyl halides is 6. The number of piperazine rings is 1. The van der Waals surface area contributed by atoms with Gasteiger partial charge in [0.15, 0.2) is 0 Å². The van der Waals surface area contributed by atoms with Crippen molar-refractivity contribution >= 4 is 22.5 Å². The van der Waals surface area contributed by atoms with Crippen LogP contribution in [0.1, 0.15) is 47.1 Å². The Hall–Kier alpha value is -3.95. The van der Waals surface area contributed by atoms with Crippen molar-refractivity contribution in [3.05, 3.63) is 101 Å². The molecule has 1 aliphatic heterocycles. The molecule has 1 amide bonds. The number of nitrogens with one attached hydrogen (secondary N) is 1. The highest BCUT2D eigenvalue weighted by Crippen LogP contribution is 2.41. The minimum absolute atomic E-state index is 0.0266. The number of carbonyl (C=O) groups excluding carboxylic acids is 1. The van der Waals surface area contributed by atoms with Crippen LogP contribution in [0.3, 0.4) is 0 Å². The molecular weight excluding hydrogens is 544 g/mol. The number of fused-ring (bicyclic) bond motifs is 1. The van der Waals surface area contributed by atoms with Gasteiger partial charge >= 0.3 is 12.4 Å².